The third-order valence-corrected chi connectivity index (χ3v) is 12.0. The van der Waals surface area contributed by atoms with Gasteiger partial charge in [0.25, 0.3) is 0 Å². The van der Waals surface area contributed by atoms with Crippen molar-refractivity contribution in [2.45, 2.75) is 80.6 Å². The maximum Gasteiger partial charge on any atom is 0.326 e. The van der Waals surface area contributed by atoms with Crippen LogP contribution in [0.2, 0.25) is 0 Å². The highest BCUT2D eigenvalue weighted by Crippen LogP contribution is 2.36. The Morgan fingerprint density at radius 3 is 2.44 bits per heavy atom. The van der Waals surface area contributed by atoms with E-state index < -0.39 is 41.2 Å². The number of nitrogens with zero attached hydrogens (tertiary/aromatic N) is 2. The summed E-state index contributed by atoms with van der Waals surface area (Å²) in [5.41, 5.74) is 0.955. The Bertz CT molecular complexity index is 1120. The number of thioether (sulfide) groups is 1. The minimum Gasteiger partial charge on any atom is -0.480 e. The fourth-order valence-corrected chi connectivity index (χ4v) is 9.76. The van der Waals surface area contributed by atoms with E-state index in [0.717, 1.165) is 18.4 Å². The zero-order valence-corrected chi connectivity index (χ0v) is 25.4. The van der Waals surface area contributed by atoms with E-state index in [1.807, 2.05) is 30.3 Å². The van der Waals surface area contributed by atoms with Crippen LogP contribution in [0.4, 0.5) is 0 Å². The summed E-state index contributed by atoms with van der Waals surface area (Å²) in [6.07, 6.45) is 3.86. The van der Waals surface area contributed by atoms with Crippen molar-refractivity contribution >= 4 is 63.0 Å². The van der Waals surface area contributed by atoms with E-state index in [1.165, 1.54) is 31.4 Å². The molecule has 224 valence electrons. The first kappa shape index (κ1) is 31.6. The second-order valence-electron chi connectivity index (χ2n) is 10.7. The van der Waals surface area contributed by atoms with Gasteiger partial charge in [-0.15, -0.1) is 11.8 Å². The smallest absolute Gasteiger partial charge is 0.326 e. The lowest BCUT2D eigenvalue weighted by molar-refractivity contribution is -0.154. The highest BCUT2D eigenvalue weighted by Gasteiger charge is 2.43. The first-order chi connectivity index (χ1) is 19.7. The number of hydrogen-bond donors (Lipinski definition) is 3. The quantitative estimate of drug-likeness (QED) is 0.315. The molecule has 4 rings (SSSR count). The van der Waals surface area contributed by atoms with Gasteiger partial charge in [0.1, 0.15) is 18.1 Å². The summed E-state index contributed by atoms with van der Waals surface area (Å²) >= 11 is 1.58. The molecule has 0 spiro atoms. The molecule has 0 aliphatic carbocycles. The van der Waals surface area contributed by atoms with Crippen molar-refractivity contribution in [3.63, 3.8) is 0 Å². The van der Waals surface area contributed by atoms with Gasteiger partial charge in [-0.1, -0.05) is 58.8 Å². The molecule has 1 aromatic carbocycles. The van der Waals surface area contributed by atoms with Gasteiger partial charge in [0.05, 0.1) is 10.6 Å². The van der Waals surface area contributed by atoms with Crippen LogP contribution >= 0.6 is 33.3 Å². The standard InChI is InChI=1S/C28H37N3O7S3/c1-17(25(33)30-13-6-10-20(30)27(35)36)16-40-41-22(15-18-7-3-2-4-8-18)24(32)29-19-12-14-39-23-11-5-9-21(28(37)38)31(23)26(19)34/h2-4,7-8,17,19-23H,5-6,9-16H2,1H3,(H,29,32)(H,35,36)(H,37,38)/t17-,19+,20+,21+,22+,23+/m1/s1. The molecule has 1 aromatic rings. The van der Waals surface area contributed by atoms with Gasteiger partial charge in [0.15, 0.2) is 0 Å². The van der Waals surface area contributed by atoms with E-state index >= 15 is 0 Å². The lowest BCUT2D eigenvalue weighted by atomic mass is 10.00. The molecule has 6 atom stereocenters. The molecule has 3 aliphatic rings. The largest absolute Gasteiger partial charge is 0.480 e. The second-order valence-corrected chi connectivity index (χ2v) is 14.6. The van der Waals surface area contributed by atoms with Crippen molar-refractivity contribution in [1.29, 1.82) is 0 Å². The highest BCUT2D eigenvalue weighted by atomic mass is 33.1. The lowest BCUT2D eigenvalue weighted by Crippen LogP contribution is -2.57. The van der Waals surface area contributed by atoms with Crippen molar-refractivity contribution < 1.29 is 34.2 Å². The maximum atomic E-state index is 13.6. The SMILES string of the molecule is C[C@H](CSS[C@@H](Cc1ccccc1)C(=O)N[C@H]1CCS[C@H]2CCC[C@@H](C(=O)O)N2C1=O)C(=O)N1CCC[C@H]1C(=O)O. The van der Waals surface area contributed by atoms with Crippen LogP contribution in [0.15, 0.2) is 30.3 Å². The molecular formula is C28H37N3O7S3. The average Bonchev–Trinajstić information content (AvgIpc) is 3.40. The lowest BCUT2D eigenvalue weighted by Gasteiger charge is -2.39. The molecule has 0 radical (unpaired) electrons. The molecule has 3 saturated heterocycles. The molecule has 3 amide bonds. The molecular weight excluding hydrogens is 587 g/mol. The van der Waals surface area contributed by atoms with Crippen LogP contribution in [0.1, 0.15) is 51.0 Å². The number of nitrogens with one attached hydrogen (secondary N) is 1. The van der Waals surface area contributed by atoms with Gasteiger partial charge in [-0.25, -0.2) is 9.59 Å². The zero-order valence-electron chi connectivity index (χ0n) is 23.0. The van der Waals surface area contributed by atoms with Crippen LogP contribution in [-0.2, 0) is 30.4 Å². The van der Waals surface area contributed by atoms with Gasteiger partial charge in [0, 0.05) is 18.2 Å². The number of hydrogen-bond acceptors (Lipinski definition) is 8. The number of aliphatic carboxylic acids is 2. The van der Waals surface area contributed by atoms with Crippen molar-refractivity contribution in [2.24, 2.45) is 5.92 Å². The zero-order chi connectivity index (χ0) is 29.5. The van der Waals surface area contributed by atoms with Gasteiger partial charge >= 0.3 is 11.9 Å². The molecule has 10 nitrogen and oxygen atoms in total. The Morgan fingerprint density at radius 2 is 1.73 bits per heavy atom. The number of carboxylic acid groups (broad SMARTS) is 2. The van der Waals surface area contributed by atoms with Crippen LogP contribution in [-0.4, -0.2) is 96.5 Å². The third kappa shape index (κ3) is 7.92. The van der Waals surface area contributed by atoms with Crippen molar-refractivity contribution in [1.82, 2.24) is 15.1 Å². The second kappa shape index (κ2) is 14.7. The number of amides is 3. The van der Waals surface area contributed by atoms with Crippen LogP contribution in [0.25, 0.3) is 0 Å². The first-order valence-electron chi connectivity index (χ1n) is 14.0. The summed E-state index contributed by atoms with van der Waals surface area (Å²) in [4.78, 5) is 66.4. The van der Waals surface area contributed by atoms with Gasteiger partial charge in [-0.3, -0.25) is 14.4 Å². The Morgan fingerprint density at radius 1 is 1.02 bits per heavy atom. The normalized spacial score (nSPS) is 26.0. The summed E-state index contributed by atoms with van der Waals surface area (Å²) in [7, 11) is 2.72. The molecule has 13 heteroatoms. The molecule has 41 heavy (non-hydrogen) atoms. The number of carbonyl (C=O) groups is 5. The maximum absolute atomic E-state index is 13.6. The fourth-order valence-electron chi connectivity index (χ4n) is 5.55. The summed E-state index contributed by atoms with van der Waals surface area (Å²) in [6, 6.07) is 7.08. The number of benzene rings is 1. The number of carboxylic acids is 2. The number of carbonyl (C=O) groups excluding carboxylic acids is 3. The monoisotopic (exact) mass is 623 g/mol. The number of piperidine rings is 1. The van der Waals surface area contributed by atoms with Gasteiger partial charge in [-0.2, -0.15) is 0 Å². The summed E-state index contributed by atoms with van der Waals surface area (Å²) in [5.74, 6) is -2.22. The first-order valence-corrected chi connectivity index (χ1v) is 17.4. The van der Waals surface area contributed by atoms with E-state index in [9.17, 15) is 34.2 Å². The van der Waals surface area contributed by atoms with Gasteiger partial charge in [0.2, 0.25) is 17.7 Å². The Labute approximate surface area is 252 Å². The van der Waals surface area contributed by atoms with E-state index in [0.29, 0.717) is 50.2 Å². The van der Waals surface area contributed by atoms with E-state index in [1.54, 1.807) is 18.7 Å². The molecule has 3 heterocycles. The molecule has 0 bridgehead atoms. The Hall–Kier alpha value is -2.38. The molecule has 3 N–H and O–H groups in total. The number of fused-ring (bicyclic) bond motifs is 1. The predicted molar refractivity (Wildman–Crippen MR) is 160 cm³/mol. The Balaban J connectivity index is 1.41. The third-order valence-electron chi connectivity index (χ3n) is 7.75. The van der Waals surface area contributed by atoms with Crippen molar-refractivity contribution in [3.05, 3.63) is 35.9 Å². The van der Waals surface area contributed by atoms with Crippen LogP contribution in [0.5, 0.6) is 0 Å². The highest BCUT2D eigenvalue weighted by molar-refractivity contribution is 8.77. The fraction of sp³-hybridized carbons (Fsp3) is 0.607. The van der Waals surface area contributed by atoms with Crippen LogP contribution < -0.4 is 5.32 Å². The summed E-state index contributed by atoms with van der Waals surface area (Å²) in [6.45, 7) is 2.21. The van der Waals surface area contributed by atoms with E-state index in [-0.39, 0.29) is 23.1 Å². The summed E-state index contributed by atoms with van der Waals surface area (Å²) in [5, 5.41) is 21.4. The minimum atomic E-state index is -1.02. The van der Waals surface area contributed by atoms with E-state index in [2.05, 4.69) is 5.32 Å². The molecule has 0 aromatic heterocycles. The van der Waals surface area contributed by atoms with Gasteiger partial charge in [-0.05, 0) is 56.3 Å². The molecule has 3 fully saturated rings. The molecule has 0 unspecified atom stereocenters. The van der Waals surface area contributed by atoms with Crippen molar-refractivity contribution in [2.75, 3.05) is 18.1 Å². The topological polar surface area (TPSA) is 144 Å². The van der Waals surface area contributed by atoms with Crippen LogP contribution in [0, 0.1) is 5.92 Å². The number of rotatable bonds is 11. The molecule has 0 saturated carbocycles. The average molecular weight is 624 g/mol. The molecule has 3 aliphatic heterocycles. The van der Waals surface area contributed by atoms with E-state index in [4.69, 9.17) is 0 Å². The van der Waals surface area contributed by atoms with Crippen molar-refractivity contribution in [3.8, 4) is 0 Å². The minimum absolute atomic E-state index is 0.195. The number of likely N-dealkylation sites (tertiary alicyclic amines) is 1. The summed E-state index contributed by atoms with van der Waals surface area (Å²) < 4.78 is 0. The van der Waals surface area contributed by atoms with Gasteiger partial charge < -0.3 is 25.3 Å². The van der Waals surface area contributed by atoms with Crippen LogP contribution in [0.3, 0.4) is 0 Å². The Kier molecular flexibility index (Phi) is 11.3. The predicted octanol–water partition coefficient (Wildman–Crippen LogP) is 3.10.